The number of aryl methyl sites for hydroxylation is 1. The zero-order chi connectivity index (χ0) is 22.3. The van der Waals surface area contributed by atoms with E-state index in [4.69, 9.17) is 9.15 Å². The molecule has 3 rings (SSSR count). The van der Waals surface area contributed by atoms with E-state index in [1.54, 1.807) is 31.2 Å². The van der Waals surface area contributed by atoms with Crippen LogP contribution in [-0.2, 0) is 27.8 Å². The van der Waals surface area contributed by atoms with Crippen molar-refractivity contribution in [2.24, 2.45) is 0 Å². The number of nitrogens with one attached hydrogen (secondary N) is 1. The number of methoxy groups -OCH3 is 1. The summed E-state index contributed by atoms with van der Waals surface area (Å²) in [5.74, 6) is 0.794. The summed E-state index contributed by atoms with van der Waals surface area (Å²) in [5, 5.41) is 2.71. The van der Waals surface area contributed by atoms with Gasteiger partial charge in [0.2, 0.25) is 15.9 Å². The van der Waals surface area contributed by atoms with Gasteiger partial charge in [0.15, 0.2) is 0 Å². The van der Waals surface area contributed by atoms with Gasteiger partial charge in [-0.3, -0.25) is 4.79 Å². The van der Waals surface area contributed by atoms with Gasteiger partial charge in [-0.25, -0.2) is 8.42 Å². The van der Waals surface area contributed by atoms with Crippen molar-refractivity contribution < 1.29 is 22.4 Å². The maximum atomic E-state index is 13.4. The van der Waals surface area contributed by atoms with Gasteiger partial charge in [-0.15, -0.1) is 0 Å². The molecule has 31 heavy (non-hydrogen) atoms. The first-order valence-corrected chi connectivity index (χ1v) is 11.3. The molecule has 0 aliphatic heterocycles. The van der Waals surface area contributed by atoms with Crippen molar-refractivity contribution in [1.82, 2.24) is 9.62 Å². The maximum absolute atomic E-state index is 13.4. The molecule has 1 amide bonds. The molecule has 0 radical (unpaired) electrons. The summed E-state index contributed by atoms with van der Waals surface area (Å²) < 4.78 is 38.4. The minimum atomic E-state index is -3.89. The number of ether oxygens (including phenoxy) is 1. The third-order valence-electron chi connectivity index (χ3n) is 4.86. The van der Waals surface area contributed by atoms with E-state index in [-0.39, 0.29) is 24.5 Å². The highest BCUT2D eigenvalue weighted by molar-refractivity contribution is 7.89. The largest absolute Gasteiger partial charge is 0.496 e. The molecule has 0 saturated carbocycles. The maximum Gasteiger partial charge on any atom is 0.243 e. The van der Waals surface area contributed by atoms with Gasteiger partial charge in [0, 0.05) is 6.54 Å². The summed E-state index contributed by atoms with van der Waals surface area (Å²) in [6.07, 6.45) is 2.00. The summed E-state index contributed by atoms with van der Waals surface area (Å²) in [6.45, 7) is 1.86. The highest BCUT2D eigenvalue weighted by Gasteiger charge is 2.27. The Morgan fingerprint density at radius 3 is 2.52 bits per heavy atom. The van der Waals surface area contributed by atoms with Gasteiger partial charge in [0.25, 0.3) is 0 Å². The Bertz CT molecular complexity index is 1100. The van der Waals surface area contributed by atoms with E-state index >= 15 is 0 Å². The van der Waals surface area contributed by atoms with Crippen molar-refractivity contribution in [1.29, 1.82) is 0 Å². The van der Waals surface area contributed by atoms with Gasteiger partial charge >= 0.3 is 0 Å². The fraction of sp³-hybridized carbons (Fsp3) is 0.261. The van der Waals surface area contributed by atoms with Crippen LogP contribution in [0.5, 0.6) is 5.75 Å². The van der Waals surface area contributed by atoms with Crippen molar-refractivity contribution in [2.45, 2.75) is 24.8 Å². The molecule has 1 heterocycles. The van der Waals surface area contributed by atoms with Gasteiger partial charge in [0.05, 0.1) is 31.4 Å². The lowest BCUT2D eigenvalue weighted by molar-refractivity contribution is -0.121. The fourth-order valence-corrected chi connectivity index (χ4v) is 4.64. The number of benzene rings is 2. The van der Waals surface area contributed by atoms with Crippen LogP contribution in [0.2, 0.25) is 0 Å². The molecular formula is C23H26N2O5S. The van der Waals surface area contributed by atoms with Crippen molar-refractivity contribution in [2.75, 3.05) is 20.2 Å². The number of rotatable bonds is 10. The Kier molecular flexibility index (Phi) is 7.49. The summed E-state index contributed by atoms with van der Waals surface area (Å²) >= 11 is 0. The van der Waals surface area contributed by atoms with Crippen LogP contribution < -0.4 is 10.1 Å². The summed E-state index contributed by atoms with van der Waals surface area (Å²) in [7, 11) is -2.36. The molecule has 2 aromatic carbocycles. The van der Waals surface area contributed by atoms with Crippen LogP contribution in [0, 0.1) is 6.92 Å². The Labute approximate surface area is 182 Å². The average Bonchev–Trinajstić information content (AvgIpc) is 3.29. The van der Waals surface area contributed by atoms with Crippen LogP contribution in [0.25, 0.3) is 0 Å². The number of carbonyl (C=O) groups excluding carboxylic acids is 1. The van der Waals surface area contributed by atoms with Gasteiger partial charge in [-0.1, -0.05) is 30.3 Å². The zero-order valence-corrected chi connectivity index (χ0v) is 18.4. The van der Waals surface area contributed by atoms with Crippen LogP contribution >= 0.6 is 0 Å². The zero-order valence-electron chi connectivity index (χ0n) is 17.6. The molecule has 0 atom stereocenters. The first-order chi connectivity index (χ1) is 14.9. The molecule has 0 aliphatic carbocycles. The second-order valence-corrected chi connectivity index (χ2v) is 9.00. The van der Waals surface area contributed by atoms with Crippen LogP contribution in [0.3, 0.4) is 0 Å². The van der Waals surface area contributed by atoms with Crippen molar-refractivity contribution in [3.63, 3.8) is 0 Å². The second-order valence-electron chi connectivity index (χ2n) is 7.06. The fourth-order valence-electron chi connectivity index (χ4n) is 3.16. The molecule has 1 N–H and O–H groups in total. The lowest BCUT2D eigenvalue weighted by atomic mass is 10.1. The number of furan rings is 1. The highest BCUT2D eigenvalue weighted by atomic mass is 32.2. The molecule has 0 saturated heterocycles. The number of carbonyl (C=O) groups is 1. The standard InChI is InChI=1S/C23H26N2O5S/c1-18-15-21(10-11-22(18)29-2)31(27,28)25(13-12-19-7-4-3-5-8-19)17-23(26)24-16-20-9-6-14-30-20/h3-11,14-15H,12-13,16-17H2,1-2H3,(H,24,26). The van der Waals surface area contributed by atoms with E-state index in [0.717, 1.165) is 5.56 Å². The predicted octanol–water partition coefficient (Wildman–Crippen LogP) is 3.15. The molecule has 7 nitrogen and oxygen atoms in total. The number of hydrogen-bond donors (Lipinski definition) is 1. The van der Waals surface area contributed by atoms with Crippen LogP contribution in [0.1, 0.15) is 16.9 Å². The first kappa shape index (κ1) is 22.6. The van der Waals surface area contributed by atoms with Crippen LogP contribution in [0.4, 0.5) is 0 Å². The van der Waals surface area contributed by atoms with Gasteiger partial charge in [-0.2, -0.15) is 4.31 Å². The van der Waals surface area contributed by atoms with E-state index in [1.807, 2.05) is 30.3 Å². The van der Waals surface area contributed by atoms with Crippen LogP contribution in [0.15, 0.2) is 76.2 Å². The molecule has 0 aliphatic rings. The Morgan fingerprint density at radius 2 is 1.87 bits per heavy atom. The Balaban J connectivity index is 1.79. The normalized spacial score (nSPS) is 11.5. The topological polar surface area (TPSA) is 88.9 Å². The lowest BCUT2D eigenvalue weighted by Gasteiger charge is -2.22. The molecule has 1 aromatic heterocycles. The van der Waals surface area contributed by atoms with Crippen LogP contribution in [-0.4, -0.2) is 38.8 Å². The van der Waals surface area contributed by atoms with Gasteiger partial charge in [-0.05, 0) is 54.8 Å². The lowest BCUT2D eigenvalue weighted by Crippen LogP contribution is -2.41. The SMILES string of the molecule is COc1ccc(S(=O)(=O)N(CCc2ccccc2)CC(=O)NCc2ccco2)cc1C. The van der Waals surface area contributed by atoms with Crippen molar-refractivity contribution in [3.05, 3.63) is 83.8 Å². The quantitative estimate of drug-likeness (QED) is 0.521. The number of hydrogen-bond acceptors (Lipinski definition) is 5. The summed E-state index contributed by atoms with van der Waals surface area (Å²) in [5.41, 5.74) is 1.69. The molecule has 0 fully saturated rings. The molecule has 0 bridgehead atoms. The summed E-state index contributed by atoms with van der Waals surface area (Å²) in [4.78, 5) is 12.6. The molecule has 0 unspecified atom stereocenters. The van der Waals surface area contributed by atoms with E-state index in [9.17, 15) is 13.2 Å². The van der Waals surface area contributed by atoms with E-state index in [1.165, 1.54) is 23.7 Å². The number of nitrogens with zero attached hydrogens (tertiary/aromatic N) is 1. The molecule has 164 valence electrons. The minimum absolute atomic E-state index is 0.123. The van der Waals surface area contributed by atoms with E-state index < -0.39 is 15.9 Å². The number of sulfonamides is 1. The predicted molar refractivity (Wildman–Crippen MR) is 117 cm³/mol. The average molecular weight is 443 g/mol. The van der Waals surface area contributed by atoms with E-state index in [0.29, 0.717) is 23.5 Å². The van der Waals surface area contributed by atoms with Crippen molar-refractivity contribution >= 4 is 15.9 Å². The smallest absolute Gasteiger partial charge is 0.243 e. The second kappa shape index (κ2) is 10.3. The molecule has 8 heteroatoms. The molecular weight excluding hydrogens is 416 g/mol. The first-order valence-electron chi connectivity index (χ1n) is 9.88. The summed E-state index contributed by atoms with van der Waals surface area (Å²) in [6, 6.07) is 17.7. The molecule has 0 spiro atoms. The monoisotopic (exact) mass is 442 g/mol. The molecule has 3 aromatic rings. The van der Waals surface area contributed by atoms with Gasteiger partial charge < -0.3 is 14.5 Å². The Morgan fingerprint density at radius 1 is 1.10 bits per heavy atom. The van der Waals surface area contributed by atoms with Gasteiger partial charge in [0.1, 0.15) is 11.5 Å². The third kappa shape index (κ3) is 5.96. The van der Waals surface area contributed by atoms with Crippen molar-refractivity contribution in [3.8, 4) is 5.75 Å². The highest BCUT2D eigenvalue weighted by Crippen LogP contribution is 2.24. The number of amides is 1. The Hall–Kier alpha value is -3.10. The third-order valence-corrected chi connectivity index (χ3v) is 6.70. The van der Waals surface area contributed by atoms with E-state index in [2.05, 4.69) is 5.32 Å². The minimum Gasteiger partial charge on any atom is -0.496 e.